The average Bonchev–Trinajstić information content (AvgIpc) is 2.24. The van der Waals surface area contributed by atoms with Crippen LogP contribution in [-0.4, -0.2) is 23.5 Å². The molecule has 0 spiro atoms. The molecule has 0 aliphatic carbocycles. The fourth-order valence-electron chi connectivity index (χ4n) is 1.31. The van der Waals surface area contributed by atoms with E-state index in [1.165, 1.54) is 17.8 Å². The van der Waals surface area contributed by atoms with Crippen LogP contribution in [0.15, 0.2) is 23.1 Å². The smallest absolute Gasteiger partial charge is 0.128 e. The molecule has 0 aromatic heterocycles. The highest BCUT2D eigenvalue weighted by Crippen LogP contribution is 2.24. The number of thioether (sulfide) groups is 1. The Hall–Kier alpha value is -0.580. The second-order valence-corrected chi connectivity index (χ2v) is 4.96. The summed E-state index contributed by atoms with van der Waals surface area (Å²) in [4.78, 5) is 0.905. The molecule has 0 fully saturated rings. The van der Waals surface area contributed by atoms with Gasteiger partial charge < -0.3 is 10.4 Å². The van der Waals surface area contributed by atoms with Gasteiger partial charge in [-0.05, 0) is 12.1 Å². The molecule has 0 amide bonds. The SMILES string of the molecule is CC(C)NCc1c(F)cccc1SCCO. The predicted molar refractivity (Wildman–Crippen MR) is 66.2 cm³/mol. The Kier molecular flexibility index (Phi) is 5.80. The molecule has 0 saturated carbocycles. The van der Waals surface area contributed by atoms with Crippen molar-refractivity contribution in [2.24, 2.45) is 0 Å². The molecule has 0 atom stereocenters. The van der Waals surface area contributed by atoms with Gasteiger partial charge in [0.25, 0.3) is 0 Å². The maximum absolute atomic E-state index is 13.6. The summed E-state index contributed by atoms with van der Waals surface area (Å²) in [6, 6.07) is 5.39. The highest BCUT2D eigenvalue weighted by Gasteiger charge is 2.08. The first-order valence-corrected chi connectivity index (χ1v) is 6.38. The fourth-order valence-corrected chi connectivity index (χ4v) is 2.14. The third-order valence-corrected chi connectivity index (χ3v) is 3.19. The lowest BCUT2D eigenvalue weighted by Crippen LogP contribution is -2.22. The van der Waals surface area contributed by atoms with Gasteiger partial charge in [0, 0.05) is 28.8 Å². The zero-order valence-electron chi connectivity index (χ0n) is 9.66. The van der Waals surface area contributed by atoms with Crippen molar-refractivity contribution >= 4 is 11.8 Å². The van der Waals surface area contributed by atoms with Gasteiger partial charge in [-0.15, -0.1) is 11.8 Å². The van der Waals surface area contributed by atoms with E-state index in [-0.39, 0.29) is 12.4 Å². The molecule has 16 heavy (non-hydrogen) atoms. The maximum atomic E-state index is 13.6. The van der Waals surface area contributed by atoms with Crippen LogP contribution in [0.3, 0.4) is 0 Å². The van der Waals surface area contributed by atoms with Crippen LogP contribution >= 0.6 is 11.8 Å². The standard InChI is InChI=1S/C12H18FNOS/c1-9(2)14-8-10-11(13)4-3-5-12(10)16-7-6-15/h3-5,9,14-15H,6-8H2,1-2H3. The van der Waals surface area contributed by atoms with Gasteiger partial charge in [-0.2, -0.15) is 0 Å². The number of nitrogens with one attached hydrogen (secondary N) is 1. The van der Waals surface area contributed by atoms with Gasteiger partial charge >= 0.3 is 0 Å². The summed E-state index contributed by atoms with van der Waals surface area (Å²) in [5, 5.41) is 12.0. The molecule has 1 aromatic carbocycles. The second-order valence-electron chi connectivity index (χ2n) is 3.82. The van der Waals surface area contributed by atoms with E-state index in [1.54, 1.807) is 6.07 Å². The van der Waals surface area contributed by atoms with Gasteiger partial charge in [-0.25, -0.2) is 4.39 Å². The Bertz CT molecular complexity index is 331. The number of aliphatic hydroxyl groups is 1. The first-order valence-electron chi connectivity index (χ1n) is 5.39. The van der Waals surface area contributed by atoms with Crippen molar-refractivity contribution in [1.29, 1.82) is 0 Å². The van der Waals surface area contributed by atoms with E-state index < -0.39 is 0 Å². The quantitative estimate of drug-likeness (QED) is 0.753. The van der Waals surface area contributed by atoms with Crippen LogP contribution in [0.2, 0.25) is 0 Å². The lowest BCUT2D eigenvalue weighted by Gasteiger charge is -2.12. The molecule has 1 aromatic rings. The monoisotopic (exact) mass is 243 g/mol. The number of hydrogen-bond acceptors (Lipinski definition) is 3. The molecule has 2 N–H and O–H groups in total. The van der Waals surface area contributed by atoms with Crippen molar-refractivity contribution in [3.8, 4) is 0 Å². The number of hydrogen-bond donors (Lipinski definition) is 2. The largest absolute Gasteiger partial charge is 0.396 e. The summed E-state index contributed by atoms with van der Waals surface area (Å²) in [5.41, 5.74) is 0.689. The Morgan fingerprint density at radius 1 is 1.44 bits per heavy atom. The Balaban J connectivity index is 2.77. The molecule has 0 bridgehead atoms. The zero-order valence-corrected chi connectivity index (χ0v) is 10.5. The minimum Gasteiger partial charge on any atom is -0.396 e. The van der Waals surface area contributed by atoms with Crippen molar-refractivity contribution in [2.45, 2.75) is 31.3 Å². The van der Waals surface area contributed by atoms with Gasteiger partial charge in [0.2, 0.25) is 0 Å². The molecule has 90 valence electrons. The lowest BCUT2D eigenvalue weighted by molar-refractivity contribution is 0.322. The van der Waals surface area contributed by atoms with E-state index in [4.69, 9.17) is 5.11 Å². The van der Waals surface area contributed by atoms with Crippen molar-refractivity contribution in [1.82, 2.24) is 5.32 Å². The molecule has 0 unspecified atom stereocenters. The van der Waals surface area contributed by atoms with Crippen LogP contribution < -0.4 is 5.32 Å². The highest BCUT2D eigenvalue weighted by molar-refractivity contribution is 7.99. The first kappa shape index (κ1) is 13.5. The Labute approximate surface area is 100 Å². The zero-order chi connectivity index (χ0) is 12.0. The van der Waals surface area contributed by atoms with Crippen LogP contribution in [0, 0.1) is 5.82 Å². The van der Waals surface area contributed by atoms with Crippen LogP contribution in [0.1, 0.15) is 19.4 Å². The Morgan fingerprint density at radius 2 is 2.19 bits per heavy atom. The third-order valence-electron chi connectivity index (χ3n) is 2.11. The summed E-state index contributed by atoms with van der Waals surface area (Å²) < 4.78 is 13.6. The van der Waals surface area contributed by atoms with Gasteiger partial charge in [-0.1, -0.05) is 19.9 Å². The topological polar surface area (TPSA) is 32.3 Å². The number of halogens is 1. The van der Waals surface area contributed by atoms with E-state index in [9.17, 15) is 4.39 Å². The molecule has 0 aliphatic rings. The maximum Gasteiger partial charge on any atom is 0.128 e. The molecule has 0 saturated heterocycles. The second kappa shape index (κ2) is 6.89. The van der Waals surface area contributed by atoms with E-state index in [0.717, 1.165) is 4.90 Å². The van der Waals surface area contributed by atoms with Crippen molar-refractivity contribution in [3.05, 3.63) is 29.6 Å². The van der Waals surface area contributed by atoms with E-state index >= 15 is 0 Å². The van der Waals surface area contributed by atoms with Crippen LogP contribution in [0.25, 0.3) is 0 Å². The molecule has 0 aliphatic heterocycles. The first-order chi connectivity index (χ1) is 7.65. The third kappa shape index (κ3) is 4.12. The lowest BCUT2D eigenvalue weighted by atomic mass is 10.2. The fraction of sp³-hybridized carbons (Fsp3) is 0.500. The summed E-state index contributed by atoms with van der Waals surface area (Å²) in [7, 11) is 0. The molecule has 4 heteroatoms. The number of benzene rings is 1. The van der Waals surface area contributed by atoms with E-state index in [1.807, 2.05) is 19.9 Å². The number of aliphatic hydroxyl groups excluding tert-OH is 1. The average molecular weight is 243 g/mol. The molecular formula is C12H18FNOS. The summed E-state index contributed by atoms with van der Waals surface area (Å²) in [5.74, 6) is 0.411. The summed E-state index contributed by atoms with van der Waals surface area (Å²) in [6.07, 6.45) is 0. The van der Waals surface area contributed by atoms with E-state index in [2.05, 4.69) is 5.32 Å². The predicted octanol–water partition coefficient (Wildman–Crippen LogP) is 2.41. The van der Waals surface area contributed by atoms with Crippen LogP contribution in [-0.2, 0) is 6.54 Å². The van der Waals surface area contributed by atoms with Gasteiger partial charge in [0.15, 0.2) is 0 Å². The molecule has 2 nitrogen and oxygen atoms in total. The van der Waals surface area contributed by atoms with Gasteiger partial charge in [-0.3, -0.25) is 0 Å². The van der Waals surface area contributed by atoms with Crippen LogP contribution in [0.5, 0.6) is 0 Å². The van der Waals surface area contributed by atoms with Gasteiger partial charge in [0.1, 0.15) is 5.82 Å². The van der Waals surface area contributed by atoms with Gasteiger partial charge in [0.05, 0.1) is 6.61 Å². The van der Waals surface area contributed by atoms with Crippen molar-refractivity contribution < 1.29 is 9.50 Å². The summed E-state index contributed by atoms with van der Waals surface area (Å²) in [6.45, 7) is 4.69. The molecular weight excluding hydrogens is 225 g/mol. The highest BCUT2D eigenvalue weighted by atomic mass is 32.2. The van der Waals surface area contributed by atoms with Crippen LogP contribution in [0.4, 0.5) is 4.39 Å². The minimum absolute atomic E-state index is 0.109. The Morgan fingerprint density at radius 3 is 2.81 bits per heavy atom. The minimum atomic E-state index is -0.184. The normalized spacial score (nSPS) is 11.1. The molecule has 1 rings (SSSR count). The van der Waals surface area contributed by atoms with E-state index in [0.29, 0.717) is 23.9 Å². The summed E-state index contributed by atoms with van der Waals surface area (Å²) >= 11 is 1.48. The number of rotatable bonds is 6. The van der Waals surface area contributed by atoms with Crippen molar-refractivity contribution in [2.75, 3.05) is 12.4 Å². The van der Waals surface area contributed by atoms with Crippen molar-refractivity contribution in [3.63, 3.8) is 0 Å². The molecule has 0 radical (unpaired) electrons. The molecule has 0 heterocycles.